The number of nitrogens with one attached hydrogen (secondary N) is 1. The molecule has 0 spiro atoms. The monoisotopic (exact) mass is 239 g/mol. The molecular weight excluding hydrogens is 226 g/mol. The van der Waals surface area contributed by atoms with E-state index in [1.807, 2.05) is 11.7 Å². The number of thiazole rings is 2. The smallest absolute Gasteiger partial charge is 0.107 e. The summed E-state index contributed by atoms with van der Waals surface area (Å²) in [6.45, 7) is 4.09. The van der Waals surface area contributed by atoms with Gasteiger partial charge < -0.3 is 5.32 Å². The quantitative estimate of drug-likeness (QED) is 0.815. The summed E-state index contributed by atoms with van der Waals surface area (Å²) < 4.78 is 0. The summed E-state index contributed by atoms with van der Waals surface area (Å²) in [7, 11) is 0. The van der Waals surface area contributed by atoms with Crippen LogP contribution in [0.1, 0.15) is 18.4 Å². The zero-order chi connectivity index (χ0) is 10.5. The van der Waals surface area contributed by atoms with Crippen molar-refractivity contribution < 1.29 is 0 Å². The molecule has 2 rings (SSSR count). The van der Waals surface area contributed by atoms with Gasteiger partial charge in [0.1, 0.15) is 5.01 Å². The topological polar surface area (TPSA) is 37.8 Å². The highest BCUT2D eigenvalue weighted by Gasteiger charge is 2.04. The Morgan fingerprint density at radius 3 is 3.07 bits per heavy atom. The fraction of sp³-hybridized carbons (Fsp3) is 0.400. The third-order valence-electron chi connectivity index (χ3n) is 1.94. The van der Waals surface area contributed by atoms with Gasteiger partial charge in [0.15, 0.2) is 0 Å². The van der Waals surface area contributed by atoms with Gasteiger partial charge in [-0.15, -0.1) is 22.7 Å². The predicted molar refractivity (Wildman–Crippen MR) is 65.2 cm³/mol. The number of hydrogen-bond donors (Lipinski definition) is 1. The SMILES string of the molecule is CCCNCc1nc(-c2cncs2)cs1. The van der Waals surface area contributed by atoms with Gasteiger partial charge in [-0.2, -0.15) is 0 Å². The van der Waals surface area contributed by atoms with Crippen LogP contribution < -0.4 is 5.32 Å². The minimum absolute atomic E-state index is 0.872. The Morgan fingerprint density at radius 2 is 2.33 bits per heavy atom. The highest BCUT2D eigenvalue weighted by atomic mass is 32.1. The first kappa shape index (κ1) is 10.7. The van der Waals surface area contributed by atoms with Crippen LogP contribution in [-0.4, -0.2) is 16.5 Å². The molecule has 0 aliphatic heterocycles. The van der Waals surface area contributed by atoms with Gasteiger partial charge in [0, 0.05) is 18.1 Å². The maximum atomic E-state index is 4.55. The number of aromatic nitrogens is 2. The van der Waals surface area contributed by atoms with Crippen LogP contribution in [0.3, 0.4) is 0 Å². The lowest BCUT2D eigenvalue weighted by Crippen LogP contribution is -2.13. The molecule has 2 aromatic heterocycles. The van der Waals surface area contributed by atoms with Gasteiger partial charge in [-0.05, 0) is 13.0 Å². The first-order valence-corrected chi connectivity index (χ1v) is 6.70. The molecule has 0 bridgehead atoms. The molecule has 3 nitrogen and oxygen atoms in total. The second kappa shape index (κ2) is 5.34. The zero-order valence-corrected chi connectivity index (χ0v) is 10.2. The molecule has 0 radical (unpaired) electrons. The standard InChI is InChI=1S/C10H13N3S2/c1-2-3-11-5-10-13-8(6-14-10)9-4-12-7-15-9/h4,6-7,11H,2-3,5H2,1H3. The first-order valence-electron chi connectivity index (χ1n) is 4.94. The fourth-order valence-corrected chi connectivity index (χ4v) is 2.64. The van der Waals surface area contributed by atoms with Crippen molar-refractivity contribution in [2.75, 3.05) is 6.54 Å². The van der Waals surface area contributed by atoms with E-state index in [4.69, 9.17) is 0 Å². The largest absolute Gasteiger partial charge is 0.310 e. The average molecular weight is 239 g/mol. The van der Waals surface area contributed by atoms with Gasteiger partial charge in [0.25, 0.3) is 0 Å². The summed E-state index contributed by atoms with van der Waals surface area (Å²) in [6.07, 6.45) is 3.02. The van der Waals surface area contributed by atoms with Crippen LogP contribution in [0.25, 0.3) is 10.6 Å². The lowest BCUT2D eigenvalue weighted by molar-refractivity contribution is 0.673. The minimum Gasteiger partial charge on any atom is -0.310 e. The molecule has 0 unspecified atom stereocenters. The summed E-state index contributed by atoms with van der Waals surface area (Å²) in [5.41, 5.74) is 2.89. The van der Waals surface area contributed by atoms with Crippen LogP contribution in [0.4, 0.5) is 0 Å². The van der Waals surface area contributed by atoms with E-state index in [-0.39, 0.29) is 0 Å². The van der Waals surface area contributed by atoms with Crippen LogP contribution >= 0.6 is 22.7 Å². The van der Waals surface area contributed by atoms with Crippen LogP contribution in [0.15, 0.2) is 17.1 Å². The van der Waals surface area contributed by atoms with Crippen molar-refractivity contribution >= 4 is 22.7 Å². The van der Waals surface area contributed by atoms with Crippen LogP contribution in [-0.2, 0) is 6.54 Å². The molecule has 2 heterocycles. The van der Waals surface area contributed by atoms with Crippen molar-refractivity contribution in [1.82, 2.24) is 15.3 Å². The summed E-state index contributed by atoms with van der Waals surface area (Å²) in [4.78, 5) is 9.75. The molecule has 0 aliphatic rings. The maximum absolute atomic E-state index is 4.55. The van der Waals surface area contributed by atoms with Crippen LogP contribution in [0, 0.1) is 0 Å². The van der Waals surface area contributed by atoms with Crippen molar-refractivity contribution in [3.8, 4) is 10.6 Å². The summed E-state index contributed by atoms with van der Waals surface area (Å²) in [6, 6.07) is 0. The van der Waals surface area contributed by atoms with Gasteiger partial charge in [0.05, 0.1) is 16.1 Å². The van der Waals surface area contributed by atoms with Crippen LogP contribution in [0.5, 0.6) is 0 Å². The van der Waals surface area contributed by atoms with Crippen molar-refractivity contribution in [1.29, 1.82) is 0 Å². The average Bonchev–Trinajstić information content (AvgIpc) is 2.87. The second-order valence-electron chi connectivity index (χ2n) is 3.17. The third kappa shape index (κ3) is 2.84. The molecule has 5 heteroatoms. The Labute approximate surface area is 97.2 Å². The molecule has 0 fully saturated rings. The summed E-state index contributed by atoms with van der Waals surface area (Å²) >= 11 is 3.33. The second-order valence-corrected chi connectivity index (χ2v) is 5.00. The van der Waals surface area contributed by atoms with E-state index in [1.165, 1.54) is 0 Å². The van der Waals surface area contributed by atoms with Gasteiger partial charge >= 0.3 is 0 Å². The van der Waals surface area contributed by atoms with Gasteiger partial charge in [-0.3, -0.25) is 4.98 Å². The molecular formula is C10H13N3S2. The van der Waals surface area contributed by atoms with E-state index in [9.17, 15) is 0 Å². The molecule has 15 heavy (non-hydrogen) atoms. The molecule has 0 atom stereocenters. The Hall–Kier alpha value is -0.780. The molecule has 1 N–H and O–H groups in total. The molecule has 80 valence electrons. The van der Waals surface area contributed by atoms with E-state index in [1.54, 1.807) is 22.7 Å². The molecule has 0 saturated heterocycles. The molecule has 0 saturated carbocycles. The highest BCUT2D eigenvalue weighted by Crippen LogP contribution is 2.24. The predicted octanol–water partition coefficient (Wildman–Crippen LogP) is 2.77. The Kier molecular flexibility index (Phi) is 3.82. The highest BCUT2D eigenvalue weighted by molar-refractivity contribution is 7.14. The first-order chi connectivity index (χ1) is 7.40. The maximum Gasteiger partial charge on any atom is 0.107 e. The van der Waals surface area contributed by atoms with Crippen molar-refractivity contribution in [3.05, 3.63) is 22.1 Å². The van der Waals surface area contributed by atoms with E-state index in [2.05, 4.69) is 27.6 Å². The van der Waals surface area contributed by atoms with E-state index >= 15 is 0 Å². The zero-order valence-electron chi connectivity index (χ0n) is 8.56. The third-order valence-corrected chi connectivity index (χ3v) is 3.58. The summed E-state index contributed by atoms with van der Waals surface area (Å²) in [5.74, 6) is 0. The van der Waals surface area contributed by atoms with Gasteiger partial charge in [-0.1, -0.05) is 6.92 Å². The molecule has 2 aromatic rings. The lowest BCUT2D eigenvalue weighted by Gasteiger charge is -1.97. The molecule has 0 aliphatic carbocycles. The van der Waals surface area contributed by atoms with Crippen molar-refractivity contribution in [2.45, 2.75) is 19.9 Å². The van der Waals surface area contributed by atoms with E-state index in [0.717, 1.165) is 35.1 Å². The Bertz CT molecular complexity index is 394. The fourth-order valence-electron chi connectivity index (χ4n) is 1.22. The van der Waals surface area contributed by atoms with E-state index in [0.29, 0.717) is 0 Å². The Balaban J connectivity index is 1.98. The van der Waals surface area contributed by atoms with E-state index < -0.39 is 0 Å². The number of hydrogen-bond acceptors (Lipinski definition) is 5. The lowest BCUT2D eigenvalue weighted by atomic mass is 10.4. The van der Waals surface area contributed by atoms with Gasteiger partial charge in [0.2, 0.25) is 0 Å². The number of nitrogens with zero attached hydrogens (tertiary/aromatic N) is 2. The van der Waals surface area contributed by atoms with Crippen molar-refractivity contribution in [3.63, 3.8) is 0 Å². The van der Waals surface area contributed by atoms with Gasteiger partial charge in [-0.25, -0.2) is 4.98 Å². The number of rotatable bonds is 5. The van der Waals surface area contributed by atoms with Crippen LogP contribution in [0.2, 0.25) is 0 Å². The molecule has 0 amide bonds. The molecule has 0 aromatic carbocycles. The Morgan fingerprint density at radius 1 is 1.40 bits per heavy atom. The minimum atomic E-state index is 0.872. The summed E-state index contributed by atoms with van der Waals surface area (Å²) in [5, 5.41) is 6.58. The normalized spacial score (nSPS) is 10.7. The van der Waals surface area contributed by atoms with Crippen molar-refractivity contribution in [2.24, 2.45) is 0 Å².